The maximum atomic E-state index is 12.3. The van der Waals surface area contributed by atoms with E-state index in [0.29, 0.717) is 48.2 Å². The molecular weight excluding hydrogens is 386 g/mol. The van der Waals surface area contributed by atoms with Crippen molar-refractivity contribution in [3.8, 4) is 23.0 Å². The van der Waals surface area contributed by atoms with Crippen LogP contribution in [0, 0.1) is 13.8 Å². The summed E-state index contributed by atoms with van der Waals surface area (Å²) in [7, 11) is 4.79. The quantitative estimate of drug-likeness (QED) is 0.649. The molecule has 0 radical (unpaired) electrons. The van der Waals surface area contributed by atoms with E-state index in [2.05, 4.69) is 0 Å². The van der Waals surface area contributed by atoms with E-state index in [1.54, 1.807) is 28.3 Å². The van der Waals surface area contributed by atoms with Crippen LogP contribution in [0.25, 0.3) is 11.0 Å². The van der Waals surface area contributed by atoms with Gasteiger partial charge in [-0.1, -0.05) is 0 Å². The zero-order valence-electron chi connectivity index (χ0n) is 17.9. The van der Waals surface area contributed by atoms with E-state index in [1.165, 1.54) is 4.90 Å². The van der Waals surface area contributed by atoms with E-state index < -0.39 is 0 Å². The number of aryl methyl sites for hydroxylation is 1. The maximum Gasteiger partial charge on any atom is 0.339 e. The first-order chi connectivity index (χ1) is 14.5. The lowest BCUT2D eigenvalue weighted by atomic mass is 10.0. The Morgan fingerprint density at radius 1 is 1.00 bits per heavy atom. The number of ether oxygens (including phenoxy) is 4. The number of hydrogen-bond acceptors (Lipinski definition) is 6. The molecule has 1 aliphatic heterocycles. The van der Waals surface area contributed by atoms with Crippen LogP contribution in [0.1, 0.15) is 22.3 Å². The molecule has 0 aliphatic carbocycles. The van der Waals surface area contributed by atoms with Crippen molar-refractivity contribution in [2.24, 2.45) is 0 Å². The molecule has 0 bridgehead atoms. The van der Waals surface area contributed by atoms with Crippen molar-refractivity contribution in [1.29, 1.82) is 0 Å². The standard InChI is InChI=1S/C23H25NO6/c1-13-14(2)23(25)30-21-16(13)6-7-18-17(21)11-24(12-29-18)10-15-8-19(26-3)22(28-5)20(9-15)27-4/h6-9H,10-12H2,1-5H3/p+1. The second kappa shape index (κ2) is 7.91. The molecule has 1 atom stereocenters. The summed E-state index contributed by atoms with van der Waals surface area (Å²) in [5.41, 5.74) is 3.84. The lowest BCUT2D eigenvalue weighted by Gasteiger charge is -2.27. The third kappa shape index (κ3) is 3.35. The minimum atomic E-state index is -0.301. The van der Waals surface area contributed by atoms with Crippen molar-refractivity contribution in [1.82, 2.24) is 0 Å². The van der Waals surface area contributed by atoms with Crippen molar-refractivity contribution in [2.75, 3.05) is 28.1 Å². The highest BCUT2D eigenvalue weighted by molar-refractivity contribution is 5.85. The number of methoxy groups -OCH3 is 3. The van der Waals surface area contributed by atoms with Gasteiger partial charge in [-0.3, -0.25) is 4.90 Å². The molecule has 158 valence electrons. The van der Waals surface area contributed by atoms with Crippen LogP contribution in [-0.4, -0.2) is 28.1 Å². The number of rotatable bonds is 5. The Balaban J connectivity index is 1.69. The molecule has 0 spiro atoms. The third-order valence-electron chi connectivity index (χ3n) is 5.72. The first-order valence-electron chi connectivity index (χ1n) is 9.78. The largest absolute Gasteiger partial charge is 0.493 e. The van der Waals surface area contributed by atoms with Crippen LogP contribution >= 0.6 is 0 Å². The highest BCUT2D eigenvalue weighted by Gasteiger charge is 2.26. The first kappa shape index (κ1) is 20.1. The minimum absolute atomic E-state index is 0.301. The van der Waals surface area contributed by atoms with Crippen LogP contribution < -0.4 is 29.5 Å². The summed E-state index contributed by atoms with van der Waals surface area (Å²) in [6, 6.07) is 7.81. The van der Waals surface area contributed by atoms with Crippen molar-refractivity contribution >= 4 is 11.0 Å². The van der Waals surface area contributed by atoms with Gasteiger partial charge in [0.25, 0.3) is 0 Å². The molecular formula is C23H26NO6+. The second-order valence-corrected chi connectivity index (χ2v) is 7.48. The topological polar surface area (TPSA) is 71.6 Å². The summed E-state index contributed by atoms with van der Waals surface area (Å²) in [4.78, 5) is 13.4. The van der Waals surface area contributed by atoms with Crippen LogP contribution in [0.5, 0.6) is 23.0 Å². The Bertz CT molecular complexity index is 1140. The summed E-state index contributed by atoms with van der Waals surface area (Å²) in [5.74, 6) is 2.57. The molecule has 1 aromatic heterocycles. The molecule has 0 fully saturated rings. The van der Waals surface area contributed by atoms with Crippen LogP contribution in [0.15, 0.2) is 33.5 Å². The molecule has 7 heteroatoms. The van der Waals surface area contributed by atoms with Gasteiger partial charge in [-0.25, -0.2) is 4.79 Å². The van der Waals surface area contributed by atoms with Gasteiger partial charge < -0.3 is 23.4 Å². The SMILES string of the molecule is COc1cc(C[NH+]2COc3ccc4c(C)c(C)c(=O)oc4c3C2)cc(OC)c1OC. The van der Waals surface area contributed by atoms with E-state index >= 15 is 0 Å². The second-order valence-electron chi connectivity index (χ2n) is 7.48. The number of benzene rings is 2. The Labute approximate surface area is 174 Å². The predicted octanol–water partition coefficient (Wildman–Crippen LogP) is 2.37. The van der Waals surface area contributed by atoms with Crippen molar-refractivity contribution in [2.45, 2.75) is 26.9 Å². The van der Waals surface area contributed by atoms with E-state index in [0.717, 1.165) is 27.8 Å². The van der Waals surface area contributed by atoms with E-state index in [4.69, 9.17) is 23.4 Å². The van der Waals surface area contributed by atoms with Gasteiger partial charge in [-0.15, -0.1) is 0 Å². The fourth-order valence-electron chi connectivity index (χ4n) is 3.97. The Morgan fingerprint density at radius 2 is 1.70 bits per heavy atom. The highest BCUT2D eigenvalue weighted by Crippen LogP contribution is 2.38. The predicted molar refractivity (Wildman–Crippen MR) is 112 cm³/mol. The van der Waals surface area contributed by atoms with Crippen LogP contribution in [0.4, 0.5) is 0 Å². The lowest BCUT2D eigenvalue weighted by molar-refractivity contribution is -0.945. The fourth-order valence-corrected chi connectivity index (χ4v) is 3.97. The van der Waals surface area contributed by atoms with Gasteiger partial charge in [-0.05, 0) is 43.7 Å². The fraction of sp³-hybridized carbons (Fsp3) is 0.348. The summed E-state index contributed by atoms with van der Waals surface area (Å²) in [6.07, 6.45) is 0. The monoisotopic (exact) mass is 412 g/mol. The van der Waals surface area contributed by atoms with Crippen molar-refractivity contribution < 1.29 is 28.3 Å². The van der Waals surface area contributed by atoms with Crippen molar-refractivity contribution in [3.63, 3.8) is 0 Å². The molecule has 2 aromatic carbocycles. The van der Waals surface area contributed by atoms with Gasteiger partial charge in [0, 0.05) is 16.5 Å². The highest BCUT2D eigenvalue weighted by atomic mass is 16.5. The van der Waals surface area contributed by atoms with Gasteiger partial charge in [0.15, 0.2) is 17.1 Å². The molecule has 0 saturated heterocycles. The van der Waals surface area contributed by atoms with Crippen LogP contribution in [-0.2, 0) is 13.1 Å². The van der Waals surface area contributed by atoms with Gasteiger partial charge in [-0.2, -0.15) is 0 Å². The number of quaternary nitrogens is 1. The number of nitrogens with one attached hydrogen (secondary N) is 1. The molecule has 1 aliphatic rings. The van der Waals surface area contributed by atoms with Gasteiger partial charge >= 0.3 is 5.63 Å². The molecule has 7 nitrogen and oxygen atoms in total. The van der Waals surface area contributed by atoms with Crippen molar-refractivity contribution in [3.05, 3.63) is 56.9 Å². The minimum Gasteiger partial charge on any atom is -0.493 e. The number of hydrogen-bond donors (Lipinski definition) is 1. The molecule has 0 amide bonds. The average molecular weight is 412 g/mol. The zero-order chi connectivity index (χ0) is 21.4. The van der Waals surface area contributed by atoms with Gasteiger partial charge in [0.2, 0.25) is 12.5 Å². The summed E-state index contributed by atoms with van der Waals surface area (Å²) in [6.45, 7) is 5.60. The van der Waals surface area contributed by atoms with Gasteiger partial charge in [0.05, 0.1) is 26.9 Å². The Hall–Kier alpha value is -3.19. The molecule has 4 rings (SSSR count). The van der Waals surface area contributed by atoms with E-state index in [9.17, 15) is 4.79 Å². The average Bonchev–Trinajstić information content (AvgIpc) is 2.76. The molecule has 1 N–H and O–H groups in total. The summed E-state index contributed by atoms with van der Waals surface area (Å²) >= 11 is 0. The molecule has 2 heterocycles. The van der Waals surface area contributed by atoms with E-state index in [-0.39, 0.29) is 5.63 Å². The van der Waals surface area contributed by atoms with Crippen LogP contribution in [0.2, 0.25) is 0 Å². The third-order valence-corrected chi connectivity index (χ3v) is 5.72. The smallest absolute Gasteiger partial charge is 0.339 e. The lowest BCUT2D eigenvalue weighted by Crippen LogP contribution is -3.10. The Morgan fingerprint density at radius 3 is 2.33 bits per heavy atom. The van der Waals surface area contributed by atoms with Gasteiger partial charge in [0.1, 0.15) is 18.8 Å². The van der Waals surface area contributed by atoms with Crippen LogP contribution in [0.3, 0.4) is 0 Å². The maximum absolute atomic E-state index is 12.3. The Kier molecular flexibility index (Phi) is 5.30. The molecule has 3 aromatic rings. The first-order valence-corrected chi connectivity index (χ1v) is 9.78. The molecule has 30 heavy (non-hydrogen) atoms. The number of fused-ring (bicyclic) bond motifs is 3. The van der Waals surface area contributed by atoms with E-state index in [1.807, 2.05) is 31.2 Å². The summed E-state index contributed by atoms with van der Waals surface area (Å²) < 4.78 is 28.0. The molecule has 0 saturated carbocycles. The summed E-state index contributed by atoms with van der Waals surface area (Å²) in [5, 5.41) is 0.948. The molecule has 1 unspecified atom stereocenters. The zero-order valence-corrected chi connectivity index (χ0v) is 17.9. The normalized spacial score (nSPS) is 15.4.